The number of hydrogen-bond acceptors (Lipinski definition) is 5. The Labute approximate surface area is 130 Å². The highest BCUT2D eigenvalue weighted by Gasteiger charge is 2.21. The SMILES string of the molecule is CCc1ccc([N+](=O)[O-])cc1S(=O)(=O)NCC(C)NC.Cl. The number of nitrogens with zero attached hydrogens (tertiary/aromatic N) is 1. The summed E-state index contributed by atoms with van der Waals surface area (Å²) in [6, 6.07) is 3.86. The van der Waals surface area contributed by atoms with Gasteiger partial charge in [-0.1, -0.05) is 13.0 Å². The second kappa shape index (κ2) is 8.28. The molecule has 0 bridgehead atoms. The highest BCUT2D eigenvalue weighted by molar-refractivity contribution is 7.89. The van der Waals surface area contributed by atoms with E-state index in [-0.39, 0.29) is 35.6 Å². The summed E-state index contributed by atoms with van der Waals surface area (Å²) in [5.41, 5.74) is 0.324. The van der Waals surface area contributed by atoms with Gasteiger partial charge in [-0.05, 0) is 26.0 Å². The van der Waals surface area contributed by atoms with Crippen LogP contribution in [0.4, 0.5) is 5.69 Å². The highest BCUT2D eigenvalue weighted by Crippen LogP contribution is 2.22. The predicted octanol–water partition coefficient (Wildman–Crippen LogP) is 1.47. The molecule has 21 heavy (non-hydrogen) atoms. The Hall–Kier alpha value is -1.22. The molecular weight excluding hydrogens is 318 g/mol. The van der Waals surface area contributed by atoms with Crippen molar-refractivity contribution < 1.29 is 13.3 Å². The van der Waals surface area contributed by atoms with Gasteiger partial charge in [-0.3, -0.25) is 10.1 Å². The van der Waals surface area contributed by atoms with Crippen LogP contribution in [0, 0.1) is 10.1 Å². The van der Waals surface area contributed by atoms with Crippen LogP contribution in [0.1, 0.15) is 19.4 Å². The van der Waals surface area contributed by atoms with Crippen molar-refractivity contribution in [2.75, 3.05) is 13.6 Å². The zero-order valence-electron chi connectivity index (χ0n) is 12.1. The van der Waals surface area contributed by atoms with Gasteiger partial charge in [0.2, 0.25) is 10.0 Å². The van der Waals surface area contributed by atoms with Gasteiger partial charge in [0.15, 0.2) is 0 Å². The molecular formula is C12H20ClN3O4S. The van der Waals surface area contributed by atoms with Gasteiger partial charge >= 0.3 is 0 Å². The largest absolute Gasteiger partial charge is 0.316 e. The Morgan fingerprint density at radius 2 is 2.00 bits per heavy atom. The zero-order chi connectivity index (χ0) is 15.3. The maximum absolute atomic E-state index is 12.2. The van der Waals surface area contributed by atoms with E-state index in [1.54, 1.807) is 14.0 Å². The second-order valence-corrected chi connectivity index (χ2v) is 6.18. The van der Waals surface area contributed by atoms with Gasteiger partial charge in [0.05, 0.1) is 9.82 Å². The first-order valence-electron chi connectivity index (χ1n) is 6.26. The molecule has 0 heterocycles. The Bertz CT molecular complexity index is 592. The second-order valence-electron chi connectivity index (χ2n) is 4.44. The van der Waals surface area contributed by atoms with Crippen molar-refractivity contribution in [3.63, 3.8) is 0 Å². The fraction of sp³-hybridized carbons (Fsp3) is 0.500. The van der Waals surface area contributed by atoms with E-state index in [4.69, 9.17) is 0 Å². The summed E-state index contributed by atoms with van der Waals surface area (Å²) >= 11 is 0. The normalized spacial score (nSPS) is 12.5. The summed E-state index contributed by atoms with van der Waals surface area (Å²) in [7, 11) is -2.03. The van der Waals surface area contributed by atoms with Gasteiger partial charge in [-0.2, -0.15) is 0 Å². The Morgan fingerprint density at radius 3 is 2.48 bits per heavy atom. The van der Waals surface area contributed by atoms with Gasteiger partial charge in [0.1, 0.15) is 0 Å². The summed E-state index contributed by atoms with van der Waals surface area (Å²) in [6.07, 6.45) is 0.482. The fourth-order valence-electron chi connectivity index (χ4n) is 1.61. The summed E-state index contributed by atoms with van der Waals surface area (Å²) in [6.45, 7) is 3.85. The number of nitro groups is 1. The van der Waals surface area contributed by atoms with Crippen LogP contribution < -0.4 is 10.0 Å². The molecule has 0 fully saturated rings. The van der Waals surface area contributed by atoms with Crippen molar-refractivity contribution in [1.29, 1.82) is 0 Å². The molecule has 1 aromatic rings. The van der Waals surface area contributed by atoms with E-state index in [2.05, 4.69) is 10.0 Å². The minimum atomic E-state index is -3.76. The number of likely N-dealkylation sites (N-methyl/N-ethyl adjacent to an activating group) is 1. The molecule has 1 atom stereocenters. The number of halogens is 1. The third-order valence-corrected chi connectivity index (χ3v) is 4.51. The van der Waals surface area contributed by atoms with Gasteiger partial charge in [0, 0.05) is 24.7 Å². The van der Waals surface area contributed by atoms with Crippen LogP contribution in [0.25, 0.3) is 0 Å². The molecule has 120 valence electrons. The van der Waals surface area contributed by atoms with Gasteiger partial charge < -0.3 is 5.32 Å². The minimum Gasteiger partial charge on any atom is -0.316 e. The number of hydrogen-bond donors (Lipinski definition) is 2. The lowest BCUT2D eigenvalue weighted by Crippen LogP contribution is -2.37. The van der Waals surface area contributed by atoms with Gasteiger partial charge in [-0.15, -0.1) is 12.4 Å². The first-order valence-corrected chi connectivity index (χ1v) is 7.74. The number of benzene rings is 1. The number of aryl methyl sites for hydroxylation is 1. The van der Waals surface area contributed by atoms with Crippen molar-refractivity contribution in [2.24, 2.45) is 0 Å². The van der Waals surface area contributed by atoms with E-state index in [1.165, 1.54) is 12.1 Å². The molecule has 0 radical (unpaired) electrons. The number of rotatable bonds is 7. The zero-order valence-corrected chi connectivity index (χ0v) is 13.8. The first-order chi connectivity index (χ1) is 9.31. The number of nitrogens with one attached hydrogen (secondary N) is 2. The van der Waals surface area contributed by atoms with Crippen LogP contribution in [0.15, 0.2) is 23.1 Å². The summed E-state index contributed by atoms with van der Waals surface area (Å²) in [5.74, 6) is 0. The van der Waals surface area contributed by atoms with E-state index in [0.717, 1.165) is 6.07 Å². The van der Waals surface area contributed by atoms with E-state index in [0.29, 0.717) is 12.0 Å². The summed E-state index contributed by atoms with van der Waals surface area (Å²) in [5, 5.41) is 13.7. The molecule has 0 saturated carbocycles. The van der Waals surface area contributed by atoms with E-state index in [1.807, 2.05) is 6.92 Å². The van der Waals surface area contributed by atoms with Crippen LogP contribution in [0.3, 0.4) is 0 Å². The molecule has 9 heteroatoms. The minimum absolute atomic E-state index is 0. The average molecular weight is 338 g/mol. The number of non-ortho nitro benzene ring substituents is 1. The number of sulfonamides is 1. The molecule has 0 amide bonds. The first kappa shape index (κ1) is 19.8. The van der Waals surface area contributed by atoms with Crippen molar-refractivity contribution in [2.45, 2.75) is 31.2 Å². The average Bonchev–Trinajstić information content (AvgIpc) is 2.43. The smallest absolute Gasteiger partial charge is 0.270 e. The Balaban J connectivity index is 0.00000400. The molecule has 0 aliphatic heterocycles. The van der Waals surface area contributed by atoms with Crippen LogP contribution in [0.2, 0.25) is 0 Å². The molecule has 2 N–H and O–H groups in total. The van der Waals surface area contributed by atoms with Crippen LogP contribution in [0.5, 0.6) is 0 Å². The molecule has 0 aliphatic rings. The molecule has 0 saturated heterocycles. The van der Waals surface area contributed by atoms with E-state index in [9.17, 15) is 18.5 Å². The monoisotopic (exact) mass is 337 g/mol. The molecule has 0 spiro atoms. The van der Waals surface area contributed by atoms with E-state index < -0.39 is 14.9 Å². The fourth-order valence-corrected chi connectivity index (χ4v) is 3.07. The maximum Gasteiger partial charge on any atom is 0.270 e. The highest BCUT2D eigenvalue weighted by atomic mass is 35.5. The van der Waals surface area contributed by atoms with Crippen molar-refractivity contribution in [3.05, 3.63) is 33.9 Å². The maximum atomic E-state index is 12.2. The van der Waals surface area contributed by atoms with Crippen LogP contribution in [-0.2, 0) is 16.4 Å². The molecule has 1 rings (SSSR count). The Morgan fingerprint density at radius 1 is 1.38 bits per heavy atom. The molecule has 0 aromatic heterocycles. The third kappa shape index (κ3) is 5.24. The molecule has 1 unspecified atom stereocenters. The summed E-state index contributed by atoms with van der Waals surface area (Å²) < 4.78 is 26.9. The lowest BCUT2D eigenvalue weighted by Gasteiger charge is -2.13. The van der Waals surface area contributed by atoms with Crippen molar-refractivity contribution >= 4 is 28.1 Å². The van der Waals surface area contributed by atoms with E-state index >= 15 is 0 Å². The van der Waals surface area contributed by atoms with Gasteiger partial charge in [-0.25, -0.2) is 13.1 Å². The molecule has 1 aromatic carbocycles. The lowest BCUT2D eigenvalue weighted by molar-refractivity contribution is -0.385. The molecule has 0 aliphatic carbocycles. The van der Waals surface area contributed by atoms with Crippen LogP contribution >= 0.6 is 12.4 Å². The lowest BCUT2D eigenvalue weighted by atomic mass is 10.1. The predicted molar refractivity (Wildman–Crippen MR) is 83.4 cm³/mol. The van der Waals surface area contributed by atoms with Crippen molar-refractivity contribution in [1.82, 2.24) is 10.0 Å². The third-order valence-electron chi connectivity index (χ3n) is 3.00. The van der Waals surface area contributed by atoms with Crippen molar-refractivity contribution in [3.8, 4) is 0 Å². The summed E-state index contributed by atoms with van der Waals surface area (Å²) in [4.78, 5) is 10.1. The topological polar surface area (TPSA) is 101 Å². The standard InChI is InChI=1S/C12H19N3O4S.ClH/c1-4-10-5-6-11(15(16)17)7-12(10)20(18,19)14-8-9(2)13-3;/h5-7,9,13-14H,4,8H2,1-3H3;1H. The Kier molecular flexibility index (Phi) is 7.80. The van der Waals surface area contributed by atoms with Crippen LogP contribution in [-0.4, -0.2) is 33.0 Å². The number of nitro benzene ring substituents is 1. The molecule has 7 nitrogen and oxygen atoms in total. The quantitative estimate of drug-likeness (QED) is 0.579. The van der Waals surface area contributed by atoms with Gasteiger partial charge in [0.25, 0.3) is 5.69 Å².